The number of carbonyl (C=O) groups excluding carboxylic acids is 1. The zero-order valence-corrected chi connectivity index (χ0v) is 9.42. The largest absolute Gasteiger partial charge is 0.369 e. The van der Waals surface area contributed by atoms with E-state index in [9.17, 15) is 4.79 Å². The number of rotatable bonds is 3. The molecule has 2 rings (SSSR count). The van der Waals surface area contributed by atoms with Gasteiger partial charge in [0.1, 0.15) is 10.5 Å². The van der Waals surface area contributed by atoms with Gasteiger partial charge in [-0.25, -0.2) is 0 Å². The number of nitrogens with two attached hydrogens (primary N) is 1. The highest BCUT2D eigenvalue weighted by molar-refractivity contribution is 7.09. The number of primary amides is 1. The van der Waals surface area contributed by atoms with Gasteiger partial charge in [-0.3, -0.25) is 4.79 Å². The SMILES string of the molecule is NC(=O)C1(Cc2nncs2)CCCCC1. The van der Waals surface area contributed by atoms with Crippen LogP contribution < -0.4 is 5.73 Å². The van der Waals surface area contributed by atoms with Crippen LogP contribution in [0.2, 0.25) is 0 Å². The normalized spacial score (nSPS) is 20.0. The van der Waals surface area contributed by atoms with Crippen LogP contribution in [0, 0.1) is 5.41 Å². The molecule has 0 aliphatic heterocycles. The molecule has 0 unspecified atom stereocenters. The van der Waals surface area contributed by atoms with Gasteiger partial charge in [-0.05, 0) is 12.8 Å². The van der Waals surface area contributed by atoms with Crippen LogP contribution in [-0.4, -0.2) is 16.1 Å². The fourth-order valence-corrected chi connectivity index (χ4v) is 2.97. The highest BCUT2D eigenvalue weighted by Crippen LogP contribution is 2.39. The first-order valence-corrected chi connectivity index (χ1v) is 6.16. The van der Waals surface area contributed by atoms with Crippen LogP contribution in [0.1, 0.15) is 37.1 Å². The summed E-state index contributed by atoms with van der Waals surface area (Å²) in [5.74, 6) is -0.169. The number of aromatic nitrogens is 2. The Morgan fingerprint density at radius 1 is 1.47 bits per heavy atom. The number of hydrogen-bond acceptors (Lipinski definition) is 4. The minimum Gasteiger partial charge on any atom is -0.369 e. The van der Waals surface area contributed by atoms with Crippen LogP contribution in [-0.2, 0) is 11.2 Å². The molecular weight excluding hydrogens is 210 g/mol. The topological polar surface area (TPSA) is 68.9 Å². The predicted octanol–water partition coefficient (Wildman–Crippen LogP) is 1.52. The molecule has 0 radical (unpaired) electrons. The first kappa shape index (κ1) is 10.5. The lowest BCUT2D eigenvalue weighted by atomic mass is 9.71. The van der Waals surface area contributed by atoms with Crippen molar-refractivity contribution in [1.82, 2.24) is 10.2 Å². The fourth-order valence-electron chi connectivity index (χ4n) is 2.30. The molecule has 4 nitrogen and oxygen atoms in total. The molecule has 0 bridgehead atoms. The van der Waals surface area contributed by atoms with Gasteiger partial charge < -0.3 is 5.73 Å². The van der Waals surface area contributed by atoms with Crippen molar-refractivity contribution in [2.75, 3.05) is 0 Å². The van der Waals surface area contributed by atoms with E-state index in [1.54, 1.807) is 5.51 Å². The maximum Gasteiger partial charge on any atom is 0.224 e. The Morgan fingerprint density at radius 3 is 2.73 bits per heavy atom. The summed E-state index contributed by atoms with van der Waals surface area (Å²) in [5.41, 5.74) is 6.89. The van der Waals surface area contributed by atoms with E-state index in [-0.39, 0.29) is 11.3 Å². The van der Waals surface area contributed by atoms with Crippen molar-refractivity contribution in [2.24, 2.45) is 11.1 Å². The number of carbonyl (C=O) groups is 1. The quantitative estimate of drug-likeness (QED) is 0.847. The molecule has 1 fully saturated rings. The molecule has 0 atom stereocenters. The fraction of sp³-hybridized carbons (Fsp3) is 0.700. The van der Waals surface area contributed by atoms with Crippen LogP contribution >= 0.6 is 11.3 Å². The summed E-state index contributed by atoms with van der Waals surface area (Å²) in [6.45, 7) is 0. The second-order valence-electron chi connectivity index (χ2n) is 4.21. The Bertz CT molecular complexity index is 330. The number of amides is 1. The molecule has 1 aromatic heterocycles. The van der Waals surface area contributed by atoms with Crippen LogP contribution in [0.15, 0.2) is 5.51 Å². The Kier molecular flexibility index (Phi) is 3.00. The van der Waals surface area contributed by atoms with E-state index >= 15 is 0 Å². The average Bonchev–Trinajstić information content (AvgIpc) is 2.71. The summed E-state index contributed by atoms with van der Waals surface area (Å²) >= 11 is 1.50. The molecule has 82 valence electrons. The van der Waals surface area contributed by atoms with Crippen molar-refractivity contribution in [3.63, 3.8) is 0 Å². The highest BCUT2D eigenvalue weighted by atomic mass is 32.1. The maximum absolute atomic E-state index is 11.6. The molecular formula is C10H15N3OS. The van der Waals surface area contributed by atoms with E-state index in [1.807, 2.05) is 0 Å². The maximum atomic E-state index is 11.6. The van der Waals surface area contributed by atoms with Gasteiger partial charge in [-0.1, -0.05) is 19.3 Å². The van der Waals surface area contributed by atoms with Gasteiger partial charge >= 0.3 is 0 Å². The summed E-state index contributed by atoms with van der Waals surface area (Å²) in [4.78, 5) is 11.6. The molecule has 1 aromatic rings. The van der Waals surface area contributed by atoms with Crippen molar-refractivity contribution in [2.45, 2.75) is 38.5 Å². The zero-order chi connectivity index (χ0) is 10.7. The third-order valence-corrected chi connectivity index (χ3v) is 3.93. The summed E-state index contributed by atoms with van der Waals surface area (Å²) in [6, 6.07) is 0. The first-order chi connectivity index (χ1) is 7.23. The molecule has 5 heteroatoms. The second-order valence-corrected chi connectivity index (χ2v) is 5.13. The Hall–Kier alpha value is -0.970. The molecule has 1 saturated carbocycles. The van der Waals surface area contributed by atoms with Gasteiger partial charge in [0, 0.05) is 6.42 Å². The minimum atomic E-state index is -0.349. The highest BCUT2D eigenvalue weighted by Gasteiger charge is 2.38. The van der Waals surface area contributed by atoms with Gasteiger partial charge in [0.15, 0.2) is 0 Å². The molecule has 2 N–H and O–H groups in total. The monoisotopic (exact) mass is 225 g/mol. The van der Waals surface area contributed by atoms with Crippen LogP contribution in [0.25, 0.3) is 0 Å². The number of hydrogen-bond donors (Lipinski definition) is 1. The van der Waals surface area contributed by atoms with Crippen LogP contribution in [0.3, 0.4) is 0 Å². The third kappa shape index (κ3) is 2.17. The molecule has 1 aliphatic rings. The predicted molar refractivity (Wildman–Crippen MR) is 58.3 cm³/mol. The van der Waals surface area contributed by atoms with Gasteiger partial charge in [0.05, 0.1) is 5.41 Å². The van der Waals surface area contributed by atoms with Gasteiger partial charge in [-0.15, -0.1) is 21.5 Å². The summed E-state index contributed by atoms with van der Waals surface area (Å²) in [6.07, 6.45) is 5.89. The summed E-state index contributed by atoms with van der Waals surface area (Å²) in [5, 5.41) is 8.72. The summed E-state index contributed by atoms with van der Waals surface area (Å²) in [7, 11) is 0. The molecule has 0 saturated heterocycles. The van der Waals surface area contributed by atoms with Crippen LogP contribution in [0.5, 0.6) is 0 Å². The van der Waals surface area contributed by atoms with E-state index < -0.39 is 0 Å². The van der Waals surface area contributed by atoms with Crippen molar-refractivity contribution in [3.8, 4) is 0 Å². The average molecular weight is 225 g/mol. The van der Waals surface area contributed by atoms with Crippen molar-refractivity contribution >= 4 is 17.2 Å². The minimum absolute atomic E-state index is 0.169. The van der Waals surface area contributed by atoms with Crippen molar-refractivity contribution in [3.05, 3.63) is 10.5 Å². The lowest BCUT2D eigenvalue weighted by Crippen LogP contribution is -2.40. The van der Waals surface area contributed by atoms with Gasteiger partial charge in [-0.2, -0.15) is 0 Å². The second kappa shape index (κ2) is 4.26. The van der Waals surface area contributed by atoms with Gasteiger partial charge in [0.2, 0.25) is 5.91 Å². The molecule has 1 aliphatic carbocycles. The van der Waals surface area contributed by atoms with E-state index in [1.165, 1.54) is 17.8 Å². The lowest BCUT2D eigenvalue weighted by molar-refractivity contribution is -0.129. The first-order valence-electron chi connectivity index (χ1n) is 5.28. The Balaban J connectivity index is 2.15. The van der Waals surface area contributed by atoms with E-state index in [2.05, 4.69) is 10.2 Å². The Morgan fingerprint density at radius 2 is 2.20 bits per heavy atom. The molecule has 0 aromatic carbocycles. The molecule has 1 heterocycles. The number of nitrogens with zero attached hydrogens (tertiary/aromatic N) is 2. The van der Waals surface area contributed by atoms with E-state index in [0.717, 1.165) is 30.7 Å². The smallest absolute Gasteiger partial charge is 0.224 e. The van der Waals surface area contributed by atoms with Gasteiger partial charge in [0.25, 0.3) is 0 Å². The van der Waals surface area contributed by atoms with Crippen LogP contribution in [0.4, 0.5) is 0 Å². The molecule has 0 spiro atoms. The summed E-state index contributed by atoms with van der Waals surface area (Å²) < 4.78 is 0. The third-order valence-electron chi connectivity index (χ3n) is 3.23. The Labute approximate surface area is 92.9 Å². The van der Waals surface area contributed by atoms with Crippen molar-refractivity contribution in [1.29, 1.82) is 0 Å². The molecule has 1 amide bonds. The van der Waals surface area contributed by atoms with Crippen molar-refractivity contribution < 1.29 is 4.79 Å². The lowest BCUT2D eigenvalue weighted by Gasteiger charge is -2.33. The molecule has 15 heavy (non-hydrogen) atoms. The van der Waals surface area contributed by atoms with E-state index in [4.69, 9.17) is 5.73 Å². The standard InChI is InChI=1S/C10H15N3OS/c11-9(14)10(4-2-1-3-5-10)6-8-13-12-7-15-8/h7H,1-6H2,(H2,11,14). The zero-order valence-electron chi connectivity index (χ0n) is 8.61. The van der Waals surface area contributed by atoms with E-state index in [0.29, 0.717) is 6.42 Å².